The fraction of sp³-hybridized carbons (Fsp3) is 0. The average molecular weight is 1020 g/mol. The Kier molecular flexibility index (Phi) is 12.4. The highest BCUT2D eigenvalue weighted by atomic mass is 15.0. The largest absolute Gasteiger partial charge is 0.264 e. The van der Waals surface area contributed by atoms with E-state index < -0.39 is 0 Å². The standard InChI is InChI=1S/C72H46N8/c1-4-16-53(17-5-1)67-75-68(54-18-6-2-7-19-54)79-72(78-67)63-28-14-26-61-58(42-43-60(66(61)63)50-32-30-47(31-33-50)57-24-15-44-73-46-57)48-36-40-56(41-37-48)70-76-69(55-20-8-3-9-21-55)77-71(80-70)62-27-13-23-52-22-12-25-59(65(52)62)49-34-38-51(39-35-49)64-29-10-11-45-74-64/h1-46H. The summed E-state index contributed by atoms with van der Waals surface area (Å²) < 4.78 is 0. The van der Waals surface area contributed by atoms with Gasteiger partial charge in [0.15, 0.2) is 34.9 Å². The molecule has 0 N–H and O–H groups in total. The topological polar surface area (TPSA) is 103 Å². The number of hydrogen-bond acceptors (Lipinski definition) is 8. The molecule has 14 rings (SSSR count). The Morgan fingerprint density at radius 3 is 1.15 bits per heavy atom. The molecule has 0 amide bonds. The van der Waals surface area contributed by atoms with Gasteiger partial charge in [-0.2, -0.15) is 0 Å². The lowest BCUT2D eigenvalue weighted by atomic mass is 9.88. The molecule has 4 aromatic heterocycles. The molecule has 0 bridgehead atoms. The second kappa shape index (κ2) is 20.9. The van der Waals surface area contributed by atoms with Crippen molar-refractivity contribution in [2.45, 2.75) is 0 Å². The number of rotatable bonds is 11. The number of hydrogen-bond donors (Lipinski definition) is 0. The van der Waals surface area contributed by atoms with Crippen LogP contribution >= 0.6 is 0 Å². The van der Waals surface area contributed by atoms with Gasteiger partial charge >= 0.3 is 0 Å². The van der Waals surface area contributed by atoms with E-state index in [0.717, 1.165) is 111 Å². The van der Waals surface area contributed by atoms with E-state index in [1.54, 1.807) is 6.20 Å². The van der Waals surface area contributed by atoms with Crippen LogP contribution in [0.1, 0.15) is 0 Å². The molecule has 0 atom stereocenters. The van der Waals surface area contributed by atoms with Crippen molar-refractivity contribution in [2.75, 3.05) is 0 Å². The number of benzene rings is 10. The van der Waals surface area contributed by atoms with Crippen LogP contribution in [0, 0.1) is 0 Å². The Labute approximate surface area is 462 Å². The van der Waals surface area contributed by atoms with Crippen LogP contribution < -0.4 is 0 Å². The number of nitrogens with zero attached hydrogens (tertiary/aromatic N) is 8. The zero-order valence-corrected chi connectivity index (χ0v) is 43.1. The van der Waals surface area contributed by atoms with Crippen LogP contribution in [0.2, 0.25) is 0 Å². The summed E-state index contributed by atoms with van der Waals surface area (Å²) in [7, 11) is 0. The molecule has 8 nitrogen and oxygen atoms in total. The predicted octanol–water partition coefficient (Wildman–Crippen LogP) is 17.5. The lowest BCUT2D eigenvalue weighted by Crippen LogP contribution is -2.01. The Bertz CT molecular complexity index is 4460. The molecule has 0 saturated heterocycles. The van der Waals surface area contributed by atoms with Crippen molar-refractivity contribution in [1.82, 2.24) is 39.9 Å². The Morgan fingerprint density at radius 2 is 0.625 bits per heavy atom. The molecule has 0 radical (unpaired) electrons. The first-order chi connectivity index (χ1) is 39.6. The van der Waals surface area contributed by atoms with Crippen LogP contribution in [0.5, 0.6) is 0 Å². The molecule has 14 aromatic rings. The fourth-order valence-corrected chi connectivity index (χ4v) is 10.7. The normalized spacial score (nSPS) is 11.2. The summed E-state index contributed by atoms with van der Waals surface area (Å²) in [6.45, 7) is 0. The van der Waals surface area contributed by atoms with Crippen LogP contribution in [0.3, 0.4) is 0 Å². The van der Waals surface area contributed by atoms with E-state index in [9.17, 15) is 0 Å². The Hall–Kier alpha value is -11.0. The Morgan fingerprint density at radius 1 is 0.212 bits per heavy atom. The van der Waals surface area contributed by atoms with E-state index >= 15 is 0 Å². The molecule has 0 aliphatic rings. The summed E-state index contributed by atoms with van der Waals surface area (Å²) in [5.74, 6) is 3.55. The van der Waals surface area contributed by atoms with Crippen LogP contribution in [0.25, 0.3) is 146 Å². The van der Waals surface area contributed by atoms with Gasteiger partial charge < -0.3 is 0 Å². The molecule has 4 heterocycles. The third kappa shape index (κ3) is 9.22. The lowest BCUT2D eigenvalue weighted by Gasteiger charge is -2.17. The van der Waals surface area contributed by atoms with Gasteiger partial charge in [0.05, 0.1) is 5.69 Å². The molecular formula is C72H46N8. The van der Waals surface area contributed by atoms with E-state index in [2.05, 4.69) is 156 Å². The Balaban J connectivity index is 0.901. The summed E-state index contributed by atoms with van der Waals surface area (Å²) in [6, 6.07) is 89.9. The highest BCUT2D eigenvalue weighted by Crippen LogP contribution is 2.43. The van der Waals surface area contributed by atoms with Gasteiger partial charge in [-0.3, -0.25) is 9.97 Å². The minimum Gasteiger partial charge on any atom is -0.264 e. The fourth-order valence-electron chi connectivity index (χ4n) is 10.7. The van der Waals surface area contributed by atoms with E-state index in [1.165, 1.54) is 0 Å². The third-order valence-corrected chi connectivity index (χ3v) is 14.6. The number of fused-ring (bicyclic) bond motifs is 2. The van der Waals surface area contributed by atoms with Gasteiger partial charge in [0.1, 0.15) is 0 Å². The van der Waals surface area contributed by atoms with Crippen molar-refractivity contribution in [2.24, 2.45) is 0 Å². The van der Waals surface area contributed by atoms with Crippen molar-refractivity contribution in [3.8, 4) is 124 Å². The van der Waals surface area contributed by atoms with Gasteiger partial charge in [-0.05, 0) is 73.5 Å². The second-order valence-electron chi connectivity index (χ2n) is 19.5. The van der Waals surface area contributed by atoms with Crippen LogP contribution in [0.15, 0.2) is 279 Å². The zero-order valence-electron chi connectivity index (χ0n) is 43.1. The molecule has 0 unspecified atom stereocenters. The lowest BCUT2D eigenvalue weighted by molar-refractivity contribution is 1.08. The van der Waals surface area contributed by atoms with E-state index in [4.69, 9.17) is 29.9 Å². The van der Waals surface area contributed by atoms with Gasteiger partial charge in [0.25, 0.3) is 0 Å². The minimum absolute atomic E-state index is 0.574. The maximum absolute atomic E-state index is 5.31. The second-order valence-corrected chi connectivity index (χ2v) is 19.5. The first kappa shape index (κ1) is 47.5. The predicted molar refractivity (Wildman–Crippen MR) is 324 cm³/mol. The molecule has 0 aliphatic carbocycles. The molecule has 0 fully saturated rings. The molecule has 0 saturated carbocycles. The highest BCUT2D eigenvalue weighted by molar-refractivity contribution is 6.12. The molecule has 374 valence electrons. The van der Waals surface area contributed by atoms with Crippen molar-refractivity contribution in [3.63, 3.8) is 0 Å². The SMILES string of the molecule is c1ccc(-c2nc(-c3ccc(-c4ccc(-c5ccc(-c6cccnc6)cc5)c5c(-c6nc(-c7ccccc7)nc(-c7ccccc7)n6)cccc45)cc3)nc(-c3cccc4cccc(-c5ccc(-c6ccccn6)cc5)c34)n2)cc1. The van der Waals surface area contributed by atoms with Crippen molar-refractivity contribution in [1.29, 1.82) is 0 Å². The molecule has 8 heteroatoms. The van der Waals surface area contributed by atoms with Gasteiger partial charge in [-0.25, -0.2) is 29.9 Å². The van der Waals surface area contributed by atoms with Crippen LogP contribution in [-0.4, -0.2) is 39.9 Å². The summed E-state index contributed by atoms with van der Waals surface area (Å²) in [6.07, 6.45) is 5.52. The quantitative estimate of drug-likeness (QED) is 0.126. The molecule has 10 aromatic carbocycles. The first-order valence-corrected chi connectivity index (χ1v) is 26.6. The maximum Gasteiger partial charge on any atom is 0.164 e. The molecular weight excluding hydrogens is 977 g/mol. The summed E-state index contributed by atoms with van der Waals surface area (Å²) in [5, 5.41) is 4.24. The van der Waals surface area contributed by atoms with Crippen LogP contribution in [0.4, 0.5) is 0 Å². The molecule has 0 spiro atoms. The van der Waals surface area contributed by atoms with Gasteiger partial charge in [-0.15, -0.1) is 0 Å². The summed E-state index contributed by atoms with van der Waals surface area (Å²) >= 11 is 0. The molecule has 80 heavy (non-hydrogen) atoms. The minimum atomic E-state index is 0.574. The maximum atomic E-state index is 5.31. The summed E-state index contributed by atoms with van der Waals surface area (Å²) in [4.78, 5) is 40.2. The van der Waals surface area contributed by atoms with Crippen molar-refractivity contribution < 1.29 is 0 Å². The van der Waals surface area contributed by atoms with Gasteiger partial charge in [-0.1, -0.05) is 243 Å². The van der Waals surface area contributed by atoms with E-state index in [1.807, 2.05) is 128 Å². The van der Waals surface area contributed by atoms with Crippen LogP contribution in [-0.2, 0) is 0 Å². The smallest absolute Gasteiger partial charge is 0.164 e. The number of pyridine rings is 2. The van der Waals surface area contributed by atoms with E-state index in [0.29, 0.717) is 34.9 Å². The zero-order chi connectivity index (χ0) is 53.2. The first-order valence-electron chi connectivity index (χ1n) is 26.6. The monoisotopic (exact) mass is 1020 g/mol. The van der Waals surface area contributed by atoms with Gasteiger partial charge in [0, 0.05) is 68.3 Å². The van der Waals surface area contributed by atoms with Crippen molar-refractivity contribution >= 4 is 21.5 Å². The average Bonchev–Trinajstić information content (AvgIpc) is 3.59. The summed E-state index contributed by atoms with van der Waals surface area (Å²) in [5.41, 5.74) is 15.9. The number of aromatic nitrogens is 8. The van der Waals surface area contributed by atoms with E-state index in [-0.39, 0.29) is 0 Å². The molecule has 0 aliphatic heterocycles. The van der Waals surface area contributed by atoms with Gasteiger partial charge in [0.2, 0.25) is 0 Å². The van der Waals surface area contributed by atoms with Crippen molar-refractivity contribution in [3.05, 3.63) is 279 Å². The third-order valence-electron chi connectivity index (χ3n) is 14.6. The highest BCUT2D eigenvalue weighted by Gasteiger charge is 2.21.